The molecule has 0 aromatic heterocycles. The van der Waals surface area contributed by atoms with Crippen LogP contribution in [-0.4, -0.2) is 73.9 Å². The molecule has 2 aromatic rings. The van der Waals surface area contributed by atoms with Gasteiger partial charge in [-0.25, -0.2) is 0 Å². The number of benzene rings is 2. The summed E-state index contributed by atoms with van der Waals surface area (Å²) in [6.45, 7) is 0. The maximum absolute atomic E-state index is 13.6. The van der Waals surface area contributed by atoms with E-state index in [1.165, 1.54) is 56.9 Å². The van der Waals surface area contributed by atoms with Gasteiger partial charge < -0.3 is 47.7 Å². The molecule has 1 aliphatic heterocycles. The maximum Gasteiger partial charge on any atom is 0.211 e. The van der Waals surface area contributed by atoms with Crippen molar-refractivity contribution in [2.75, 3.05) is 56.9 Å². The first-order valence-electron chi connectivity index (χ1n) is 10.0. The third-order valence-electron chi connectivity index (χ3n) is 5.51. The molecule has 11 heteroatoms. The number of aromatic hydroxyl groups is 1. The summed E-state index contributed by atoms with van der Waals surface area (Å²) in [5.74, 6) is 0.0549. The summed E-state index contributed by atoms with van der Waals surface area (Å²) in [5, 5.41) is 10.8. The normalized spacial score (nSPS) is 16.8. The van der Waals surface area contributed by atoms with E-state index in [9.17, 15) is 9.90 Å². The predicted molar refractivity (Wildman–Crippen MR) is 119 cm³/mol. The number of carbonyl (C=O) groups excluding carboxylic acids is 1. The number of hydrogen-bond acceptors (Lipinski definition) is 11. The highest BCUT2D eigenvalue weighted by atomic mass is 16.6. The van der Waals surface area contributed by atoms with Crippen LogP contribution >= 0.6 is 0 Å². The van der Waals surface area contributed by atoms with Gasteiger partial charge in [-0.2, -0.15) is 0 Å². The molecule has 2 aromatic carbocycles. The van der Waals surface area contributed by atoms with Gasteiger partial charge in [-0.3, -0.25) is 4.79 Å². The van der Waals surface area contributed by atoms with Crippen molar-refractivity contribution in [1.29, 1.82) is 0 Å². The molecule has 11 nitrogen and oxygen atoms in total. The van der Waals surface area contributed by atoms with Crippen molar-refractivity contribution in [3.63, 3.8) is 0 Å². The van der Waals surface area contributed by atoms with Crippen LogP contribution in [0.3, 0.4) is 0 Å². The molecule has 0 bridgehead atoms. The van der Waals surface area contributed by atoms with Crippen LogP contribution in [0.15, 0.2) is 6.07 Å². The molecule has 0 fully saturated rings. The van der Waals surface area contributed by atoms with E-state index in [0.717, 1.165) is 0 Å². The number of Topliss-reactive ketones (excluding diaryl/α,β-unsaturated/α-hetero) is 1. The highest BCUT2D eigenvalue weighted by Crippen LogP contribution is 2.58. The van der Waals surface area contributed by atoms with Crippen molar-refractivity contribution in [2.24, 2.45) is 0 Å². The van der Waals surface area contributed by atoms with Crippen LogP contribution in [0.2, 0.25) is 0 Å². The highest BCUT2D eigenvalue weighted by molar-refractivity contribution is 6.08. The SMILES string of the molecule is COc1cc(C2Oc3c(OC)c(OC)c(OC)c(O)c3C(=O)C2OC)c(OC)c(OC)c1OC. The number of fused-ring (bicyclic) bond motifs is 1. The van der Waals surface area contributed by atoms with Crippen LogP contribution in [0.25, 0.3) is 0 Å². The molecule has 34 heavy (non-hydrogen) atoms. The largest absolute Gasteiger partial charge is 0.504 e. The van der Waals surface area contributed by atoms with Crippen LogP contribution < -0.4 is 37.9 Å². The van der Waals surface area contributed by atoms with Gasteiger partial charge in [0.05, 0.1) is 49.8 Å². The van der Waals surface area contributed by atoms with Gasteiger partial charge >= 0.3 is 0 Å². The molecule has 3 rings (SSSR count). The lowest BCUT2D eigenvalue weighted by Gasteiger charge is -2.34. The predicted octanol–water partition coefficient (Wildman–Crippen LogP) is 2.78. The Hall–Kier alpha value is -3.73. The molecule has 0 saturated heterocycles. The molecule has 1 aliphatic rings. The molecule has 0 spiro atoms. The zero-order valence-corrected chi connectivity index (χ0v) is 20.3. The van der Waals surface area contributed by atoms with Crippen LogP contribution in [0.5, 0.6) is 51.7 Å². The minimum atomic E-state index is -1.18. The number of carbonyl (C=O) groups is 1. The maximum atomic E-state index is 13.6. The fourth-order valence-electron chi connectivity index (χ4n) is 4.05. The zero-order chi connectivity index (χ0) is 25.2. The van der Waals surface area contributed by atoms with Crippen LogP contribution in [0.4, 0.5) is 0 Å². The standard InChI is InChI=1S/C23H28O11/c1-26-11-9-10(15(27-2)21(31-6)17(11)28-3)16-19(29-4)13(24)12-14(25)20(30-5)23(33-8)22(32-7)18(12)34-16/h9,16,19,25H,1-8H3. The minimum Gasteiger partial charge on any atom is -0.504 e. The van der Waals surface area contributed by atoms with Gasteiger partial charge in [0.15, 0.2) is 35.2 Å². The van der Waals surface area contributed by atoms with Crippen LogP contribution in [0, 0.1) is 0 Å². The van der Waals surface area contributed by atoms with E-state index in [1.54, 1.807) is 6.07 Å². The van der Waals surface area contributed by atoms with Crippen molar-refractivity contribution in [3.8, 4) is 51.7 Å². The molecule has 186 valence electrons. The number of phenolic OH excluding ortho intramolecular Hbond substituents is 1. The lowest BCUT2D eigenvalue weighted by atomic mass is 9.91. The van der Waals surface area contributed by atoms with Crippen molar-refractivity contribution in [1.82, 2.24) is 0 Å². The van der Waals surface area contributed by atoms with Crippen LogP contribution in [-0.2, 0) is 4.74 Å². The number of ether oxygens (including phenoxy) is 9. The third kappa shape index (κ3) is 3.61. The molecule has 0 radical (unpaired) electrons. The first-order chi connectivity index (χ1) is 16.4. The van der Waals surface area contributed by atoms with Gasteiger partial charge in [-0.1, -0.05) is 0 Å². The molecule has 1 heterocycles. The Kier molecular flexibility index (Phi) is 7.35. The molecule has 2 unspecified atom stereocenters. The first-order valence-corrected chi connectivity index (χ1v) is 10.0. The number of hydrogen-bond donors (Lipinski definition) is 1. The van der Waals surface area contributed by atoms with Gasteiger partial charge in [0.25, 0.3) is 0 Å². The van der Waals surface area contributed by atoms with E-state index in [2.05, 4.69) is 0 Å². The van der Waals surface area contributed by atoms with Crippen molar-refractivity contribution in [3.05, 3.63) is 17.2 Å². The summed E-state index contributed by atoms with van der Waals surface area (Å²) in [4.78, 5) is 13.6. The van der Waals surface area contributed by atoms with Gasteiger partial charge in [0.2, 0.25) is 34.5 Å². The molecule has 0 amide bonds. The minimum absolute atomic E-state index is 0.0447. The molecule has 2 atom stereocenters. The fraction of sp³-hybridized carbons (Fsp3) is 0.435. The smallest absolute Gasteiger partial charge is 0.211 e. The Bertz CT molecular complexity index is 1080. The first kappa shape index (κ1) is 24.9. The lowest BCUT2D eigenvalue weighted by Crippen LogP contribution is -2.38. The Balaban J connectivity index is 2.35. The Labute approximate surface area is 196 Å². The number of ketones is 1. The monoisotopic (exact) mass is 480 g/mol. The zero-order valence-electron chi connectivity index (χ0n) is 20.3. The Morgan fingerprint density at radius 3 is 1.71 bits per heavy atom. The molecular weight excluding hydrogens is 452 g/mol. The number of phenols is 1. The number of rotatable bonds is 9. The van der Waals surface area contributed by atoms with E-state index < -0.39 is 23.7 Å². The molecule has 0 saturated carbocycles. The average molecular weight is 480 g/mol. The average Bonchev–Trinajstić information content (AvgIpc) is 2.86. The van der Waals surface area contributed by atoms with Crippen molar-refractivity contribution in [2.45, 2.75) is 12.2 Å². The van der Waals surface area contributed by atoms with Crippen molar-refractivity contribution < 1.29 is 52.5 Å². The van der Waals surface area contributed by atoms with Gasteiger partial charge in [0, 0.05) is 12.7 Å². The molecule has 0 aliphatic carbocycles. The van der Waals surface area contributed by atoms with E-state index >= 15 is 0 Å². The van der Waals surface area contributed by atoms with Gasteiger partial charge in [0.1, 0.15) is 5.56 Å². The van der Waals surface area contributed by atoms with Gasteiger partial charge in [-0.15, -0.1) is 0 Å². The molecular formula is C23H28O11. The second-order valence-electron chi connectivity index (χ2n) is 6.98. The Morgan fingerprint density at radius 2 is 1.24 bits per heavy atom. The topological polar surface area (TPSA) is 120 Å². The second-order valence-corrected chi connectivity index (χ2v) is 6.98. The molecule has 1 N–H and O–H groups in total. The summed E-state index contributed by atoms with van der Waals surface area (Å²) < 4.78 is 49.9. The highest BCUT2D eigenvalue weighted by Gasteiger charge is 2.46. The lowest BCUT2D eigenvalue weighted by molar-refractivity contribution is -0.00322. The third-order valence-corrected chi connectivity index (χ3v) is 5.51. The summed E-state index contributed by atoms with van der Waals surface area (Å²) in [5.41, 5.74) is 0.211. The summed E-state index contributed by atoms with van der Waals surface area (Å²) in [7, 11) is 11.2. The quantitative estimate of drug-likeness (QED) is 0.570. The van der Waals surface area contributed by atoms with E-state index in [1.807, 2.05) is 0 Å². The summed E-state index contributed by atoms with van der Waals surface area (Å²) in [6.07, 6.45) is -2.24. The van der Waals surface area contributed by atoms with Crippen molar-refractivity contribution >= 4 is 5.78 Å². The Morgan fingerprint density at radius 1 is 0.706 bits per heavy atom. The van der Waals surface area contributed by atoms with Crippen LogP contribution in [0.1, 0.15) is 22.0 Å². The number of methoxy groups -OCH3 is 8. The summed E-state index contributed by atoms with van der Waals surface area (Å²) in [6, 6.07) is 1.60. The fourth-order valence-corrected chi connectivity index (χ4v) is 4.05. The van der Waals surface area contributed by atoms with E-state index in [-0.39, 0.29) is 40.1 Å². The summed E-state index contributed by atoms with van der Waals surface area (Å²) >= 11 is 0. The van der Waals surface area contributed by atoms with E-state index in [0.29, 0.717) is 17.1 Å². The van der Waals surface area contributed by atoms with Gasteiger partial charge in [-0.05, 0) is 6.07 Å². The van der Waals surface area contributed by atoms with E-state index in [4.69, 9.17) is 42.6 Å². The second kappa shape index (κ2) is 10.0.